The molecule has 1 aromatic rings. The number of para-hydroxylation sites is 1. The van der Waals surface area contributed by atoms with Gasteiger partial charge < -0.3 is 9.84 Å². The quantitative estimate of drug-likeness (QED) is 0.748. The van der Waals surface area contributed by atoms with Crippen LogP contribution in [0.4, 0.5) is 0 Å². The highest BCUT2D eigenvalue weighted by Crippen LogP contribution is 2.02. The Kier molecular flexibility index (Phi) is 16.0. The van der Waals surface area contributed by atoms with Crippen LogP contribution >= 0.6 is 0 Å². The Labute approximate surface area is 87.5 Å². The van der Waals surface area contributed by atoms with Crippen LogP contribution in [0.5, 0.6) is 5.75 Å². The molecule has 0 aliphatic rings. The lowest BCUT2D eigenvalue weighted by Crippen LogP contribution is -1.56. The summed E-state index contributed by atoms with van der Waals surface area (Å²) in [6.07, 6.45) is 2.64. The molecule has 1 aromatic carbocycles. The van der Waals surface area contributed by atoms with Crippen LogP contribution in [0.2, 0.25) is 0 Å². The van der Waals surface area contributed by atoms with E-state index >= 15 is 0 Å². The minimum absolute atomic E-state index is 0.322. The SMILES string of the molecule is CCCC.COC.Oc1ccccc1. The molecule has 0 bridgehead atoms. The number of methoxy groups -OCH3 is 1. The van der Waals surface area contributed by atoms with E-state index in [-0.39, 0.29) is 0 Å². The number of unbranched alkanes of at least 4 members (excludes halogenated alkanes) is 1. The Balaban J connectivity index is 0. The maximum Gasteiger partial charge on any atom is 0.115 e. The van der Waals surface area contributed by atoms with Gasteiger partial charge in [0.05, 0.1) is 0 Å². The monoisotopic (exact) mass is 198 g/mol. The van der Waals surface area contributed by atoms with Crippen LogP contribution in [0.3, 0.4) is 0 Å². The van der Waals surface area contributed by atoms with Crippen molar-refractivity contribution < 1.29 is 9.84 Å². The van der Waals surface area contributed by atoms with Gasteiger partial charge in [0.15, 0.2) is 0 Å². The van der Waals surface area contributed by atoms with Crippen molar-refractivity contribution in [3.05, 3.63) is 30.3 Å². The molecule has 0 amide bonds. The normalized spacial score (nSPS) is 7.71. The third-order valence-corrected chi connectivity index (χ3v) is 1.26. The lowest BCUT2D eigenvalue weighted by atomic mass is 10.3. The molecule has 82 valence electrons. The highest BCUT2D eigenvalue weighted by Gasteiger charge is 1.74. The van der Waals surface area contributed by atoms with Gasteiger partial charge in [-0.05, 0) is 12.1 Å². The average molecular weight is 198 g/mol. The lowest BCUT2D eigenvalue weighted by molar-refractivity contribution is 0.277. The molecular weight excluding hydrogens is 176 g/mol. The topological polar surface area (TPSA) is 29.5 Å². The van der Waals surface area contributed by atoms with Gasteiger partial charge >= 0.3 is 0 Å². The number of phenolic OH excluding ortho intramolecular Hbond substituents is 1. The van der Waals surface area contributed by atoms with E-state index in [2.05, 4.69) is 18.6 Å². The molecule has 0 aromatic heterocycles. The van der Waals surface area contributed by atoms with Gasteiger partial charge in [-0.2, -0.15) is 0 Å². The van der Waals surface area contributed by atoms with Gasteiger partial charge in [-0.1, -0.05) is 44.9 Å². The van der Waals surface area contributed by atoms with Crippen LogP contribution in [0.1, 0.15) is 26.7 Å². The largest absolute Gasteiger partial charge is 0.508 e. The van der Waals surface area contributed by atoms with Crippen molar-refractivity contribution in [1.29, 1.82) is 0 Å². The Hall–Kier alpha value is -1.02. The molecule has 0 saturated carbocycles. The first-order valence-corrected chi connectivity index (χ1v) is 4.87. The third-order valence-electron chi connectivity index (χ3n) is 1.26. The second-order valence-corrected chi connectivity index (χ2v) is 2.74. The average Bonchev–Trinajstić information content (AvgIpc) is 2.21. The fourth-order valence-corrected chi connectivity index (χ4v) is 0.428. The summed E-state index contributed by atoms with van der Waals surface area (Å²) in [7, 11) is 3.25. The van der Waals surface area contributed by atoms with Gasteiger partial charge in [0.1, 0.15) is 5.75 Å². The van der Waals surface area contributed by atoms with Crippen molar-refractivity contribution in [2.75, 3.05) is 14.2 Å². The molecule has 0 fully saturated rings. The zero-order valence-electron chi connectivity index (χ0n) is 9.66. The molecule has 0 heterocycles. The van der Waals surface area contributed by atoms with Gasteiger partial charge in [-0.3, -0.25) is 0 Å². The molecular formula is C12H22O2. The fourth-order valence-electron chi connectivity index (χ4n) is 0.428. The summed E-state index contributed by atoms with van der Waals surface area (Å²) in [5.41, 5.74) is 0. The molecule has 0 saturated heterocycles. The Morgan fingerprint density at radius 2 is 1.36 bits per heavy atom. The maximum atomic E-state index is 8.63. The number of aromatic hydroxyl groups is 1. The van der Waals surface area contributed by atoms with Crippen molar-refractivity contribution in [2.24, 2.45) is 0 Å². The smallest absolute Gasteiger partial charge is 0.115 e. The molecule has 0 spiro atoms. The summed E-state index contributed by atoms with van der Waals surface area (Å²) >= 11 is 0. The summed E-state index contributed by atoms with van der Waals surface area (Å²) in [6.45, 7) is 4.36. The van der Waals surface area contributed by atoms with Gasteiger partial charge in [0.2, 0.25) is 0 Å². The van der Waals surface area contributed by atoms with E-state index in [0.29, 0.717) is 5.75 Å². The maximum absolute atomic E-state index is 8.63. The number of phenols is 1. The third kappa shape index (κ3) is 17.2. The number of benzene rings is 1. The van der Waals surface area contributed by atoms with E-state index in [1.54, 1.807) is 38.5 Å². The first-order valence-electron chi connectivity index (χ1n) is 4.87. The van der Waals surface area contributed by atoms with Gasteiger partial charge in [-0.25, -0.2) is 0 Å². The van der Waals surface area contributed by atoms with Crippen molar-refractivity contribution in [2.45, 2.75) is 26.7 Å². The van der Waals surface area contributed by atoms with E-state index < -0.39 is 0 Å². The van der Waals surface area contributed by atoms with Crippen LogP contribution < -0.4 is 0 Å². The molecule has 0 aliphatic carbocycles. The van der Waals surface area contributed by atoms with Crippen LogP contribution in [0.25, 0.3) is 0 Å². The first-order chi connectivity index (χ1) is 6.72. The molecule has 0 radical (unpaired) electrons. The molecule has 1 N–H and O–H groups in total. The fraction of sp³-hybridized carbons (Fsp3) is 0.500. The lowest BCUT2D eigenvalue weighted by Gasteiger charge is -1.82. The molecule has 0 atom stereocenters. The van der Waals surface area contributed by atoms with Crippen LogP contribution in [-0.2, 0) is 4.74 Å². The van der Waals surface area contributed by atoms with Crippen molar-refractivity contribution in [1.82, 2.24) is 0 Å². The van der Waals surface area contributed by atoms with E-state index in [1.807, 2.05) is 6.07 Å². The molecule has 0 aliphatic heterocycles. The highest BCUT2D eigenvalue weighted by molar-refractivity contribution is 5.18. The molecule has 0 unspecified atom stereocenters. The predicted molar refractivity (Wildman–Crippen MR) is 61.6 cm³/mol. The zero-order valence-corrected chi connectivity index (χ0v) is 9.66. The standard InChI is InChI=1S/C6H6O.C4H10.C2H6O/c7-6-4-2-1-3-5-6;1-3-4-2;1-3-2/h1-5,7H;3-4H2,1-2H3;1-2H3. The summed E-state index contributed by atoms with van der Waals surface area (Å²) in [5.74, 6) is 0.322. The summed E-state index contributed by atoms with van der Waals surface area (Å²) in [5, 5.41) is 8.63. The Morgan fingerprint density at radius 1 is 1.00 bits per heavy atom. The Bertz CT molecular complexity index is 171. The summed E-state index contributed by atoms with van der Waals surface area (Å²) in [6, 6.07) is 8.71. The highest BCUT2D eigenvalue weighted by atomic mass is 16.4. The van der Waals surface area contributed by atoms with Gasteiger partial charge in [-0.15, -0.1) is 0 Å². The molecule has 2 heteroatoms. The van der Waals surface area contributed by atoms with Crippen LogP contribution in [-0.4, -0.2) is 19.3 Å². The molecule has 2 nitrogen and oxygen atoms in total. The molecule has 14 heavy (non-hydrogen) atoms. The van der Waals surface area contributed by atoms with Crippen molar-refractivity contribution in [3.63, 3.8) is 0 Å². The van der Waals surface area contributed by atoms with Gasteiger partial charge in [0, 0.05) is 14.2 Å². The van der Waals surface area contributed by atoms with E-state index in [4.69, 9.17) is 5.11 Å². The second-order valence-electron chi connectivity index (χ2n) is 2.74. The number of hydrogen-bond acceptors (Lipinski definition) is 2. The summed E-state index contributed by atoms with van der Waals surface area (Å²) in [4.78, 5) is 0. The van der Waals surface area contributed by atoms with E-state index in [1.165, 1.54) is 12.8 Å². The van der Waals surface area contributed by atoms with Crippen LogP contribution in [0, 0.1) is 0 Å². The molecule has 1 rings (SSSR count). The minimum atomic E-state index is 0.322. The van der Waals surface area contributed by atoms with Crippen LogP contribution in [0.15, 0.2) is 30.3 Å². The predicted octanol–water partition coefficient (Wildman–Crippen LogP) is 3.46. The zero-order chi connectivity index (χ0) is 11.2. The van der Waals surface area contributed by atoms with Gasteiger partial charge in [0.25, 0.3) is 0 Å². The summed E-state index contributed by atoms with van der Waals surface area (Å²) < 4.78 is 4.25. The second kappa shape index (κ2) is 14.5. The Morgan fingerprint density at radius 3 is 1.50 bits per heavy atom. The van der Waals surface area contributed by atoms with E-state index in [0.717, 1.165) is 0 Å². The number of rotatable bonds is 1. The van der Waals surface area contributed by atoms with Crippen molar-refractivity contribution in [3.8, 4) is 5.75 Å². The van der Waals surface area contributed by atoms with Crippen molar-refractivity contribution >= 4 is 0 Å². The number of hydrogen-bond donors (Lipinski definition) is 1. The minimum Gasteiger partial charge on any atom is -0.508 e. The van der Waals surface area contributed by atoms with E-state index in [9.17, 15) is 0 Å². The number of ether oxygens (including phenoxy) is 1. The first kappa shape index (κ1) is 15.5.